The first-order chi connectivity index (χ1) is 10.8. The highest BCUT2D eigenvalue weighted by atomic mass is 28.2. The molecule has 1 atom stereocenters. The predicted molar refractivity (Wildman–Crippen MR) is 92.2 cm³/mol. The fourth-order valence-corrected chi connectivity index (χ4v) is 6.14. The fraction of sp³-hybridized carbons (Fsp3) is 0.316. The number of benzene rings is 2. The third-order valence-electron chi connectivity index (χ3n) is 5.01. The standard InChI is InChI=1S/C19H22O2Si/c20-18(21)19(15-8-3-1-4-9-15,16-10-5-2-6-11-16)17-12-7-13-22-14-17/h1-6,8-11,17H,7,12-14,22H2,(H,20,21). The van der Waals surface area contributed by atoms with Gasteiger partial charge in [-0.15, -0.1) is 0 Å². The zero-order chi connectivity index (χ0) is 15.4. The van der Waals surface area contributed by atoms with Crippen LogP contribution < -0.4 is 0 Å². The van der Waals surface area contributed by atoms with Gasteiger partial charge in [0, 0.05) is 9.52 Å². The summed E-state index contributed by atoms with van der Waals surface area (Å²) < 4.78 is 0. The summed E-state index contributed by atoms with van der Waals surface area (Å²) in [6, 6.07) is 22.1. The van der Waals surface area contributed by atoms with Crippen molar-refractivity contribution in [1.82, 2.24) is 0 Å². The molecule has 3 heteroatoms. The monoisotopic (exact) mass is 310 g/mol. The van der Waals surface area contributed by atoms with Crippen LogP contribution >= 0.6 is 0 Å². The summed E-state index contributed by atoms with van der Waals surface area (Å²) in [6.45, 7) is 0. The Morgan fingerprint density at radius 3 is 1.95 bits per heavy atom. The van der Waals surface area contributed by atoms with E-state index >= 15 is 0 Å². The van der Waals surface area contributed by atoms with Crippen molar-refractivity contribution >= 4 is 15.5 Å². The minimum Gasteiger partial charge on any atom is -0.480 e. The number of aliphatic carboxylic acids is 1. The van der Waals surface area contributed by atoms with E-state index < -0.39 is 11.4 Å². The van der Waals surface area contributed by atoms with Crippen LogP contribution in [-0.4, -0.2) is 20.6 Å². The van der Waals surface area contributed by atoms with Crippen LogP contribution in [-0.2, 0) is 10.2 Å². The molecule has 0 aliphatic carbocycles. The van der Waals surface area contributed by atoms with E-state index in [1.165, 1.54) is 12.5 Å². The SMILES string of the molecule is O=C(O)C(c1ccccc1)(c1ccccc1)C1CCC[SiH2]C1. The molecular weight excluding hydrogens is 288 g/mol. The van der Waals surface area contributed by atoms with Gasteiger partial charge in [-0.2, -0.15) is 0 Å². The van der Waals surface area contributed by atoms with Gasteiger partial charge in [0.05, 0.1) is 0 Å². The lowest BCUT2D eigenvalue weighted by Crippen LogP contribution is -2.45. The molecule has 2 nitrogen and oxygen atoms in total. The van der Waals surface area contributed by atoms with Crippen LogP contribution in [0.3, 0.4) is 0 Å². The number of hydrogen-bond acceptors (Lipinski definition) is 1. The molecule has 1 saturated heterocycles. The van der Waals surface area contributed by atoms with Gasteiger partial charge in [0.1, 0.15) is 5.41 Å². The summed E-state index contributed by atoms with van der Waals surface area (Å²) in [7, 11) is -0.124. The minimum atomic E-state index is -0.893. The van der Waals surface area contributed by atoms with Crippen LogP contribution in [0, 0.1) is 5.92 Å². The number of rotatable bonds is 4. The van der Waals surface area contributed by atoms with Crippen LogP contribution in [0.1, 0.15) is 24.0 Å². The van der Waals surface area contributed by atoms with Gasteiger partial charge >= 0.3 is 5.97 Å². The van der Waals surface area contributed by atoms with Crippen LogP contribution in [0.4, 0.5) is 0 Å². The summed E-state index contributed by atoms with van der Waals surface area (Å²) in [5.74, 6) is -0.485. The minimum absolute atomic E-state index is 0.124. The molecule has 0 spiro atoms. The number of hydrogen-bond donors (Lipinski definition) is 1. The van der Waals surface area contributed by atoms with E-state index in [4.69, 9.17) is 0 Å². The summed E-state index contributed by atoms with van der Waals surface area (Å²) in [4.78, 5) is 12.5. The van der Waals surface area contributed by atoms with Crippen molar-refractivity contribution in [3.63, 3.8) is 0 Å². The Balaban J connectivity index is 2.21. The normalized spacial score (nSPS) is 19.9. The molecule has 1 N–H and O–H groups in total. The molecular formula is C19H22O2Si. The fourth-order valence-electron chi connectivity index (χ4n) is 4.00. The largest absolute Gasteiger partial charge is 0.480 e. The summed E-state index contributed by atoms with van der Waals surface area (Å²) in [5, 5.41) is 10.3. The van der Waals surface area contributed by atoms with Crippen molar-refractivity contribution in [2.75, 3.05) is 0 Å². The molecule has 1 fully saturated rings. The molecule has 1 aliphatic heterocycles. The average molecular weight is 310 g/mol. The first-order valence-corrected chi connectivity index (χ1v) is 10.1. The Bertz CT molecular complexity index is 579. The molecule has 0 radical (unpaired) electrons. The lowest BCUT2D eigenvalue weighted by molar-refractivity contribution is -0.144. The van der Waals surface area contributed by atoms with Gasteiger partial charge in [-0.1, -0.05) is 79.2 Å². The third-order valence-corrected chi connectivity index (χ3v) is 7.12. The average Bonchev–Trinajstić information content (AvgIpc) is 2.58. The predicted octanol–water partition coefficient (Wildman–Crippen LogP) is 3.47. The summed E-state index contributed by atoms with van der Waals surface area (Å²) in [5.41, 5.74) is 0.958. The van der Waals surface area contributed by atoms with E-state index in [1.807, 2.05) is 60.7 Å². The molecule has 2 aromatic carbocycles. The van der Waals surface area contributed by atoms with Crippen molar-refractivity contribution in [2.24, 2.45) is 5.92 Å². The van der Waals surface area contributed by atoms with Crippen molar-refractivity contribution in [1.29, 1.82) is 0 Å². The van der Waals surface area contributed by atoms with Gasteiger partial charge in [-0.25, -0.2) is 0 Å². The zero-order valence-corrected chi connectivity index (χ0v) is 14.2. The Labute approximate surface area is 134 Å². The number of carbonyl (C=O) groups is 1. The Morgan fingerprint density at radius 2 is 1.55 bits per heavy atom. The van der Waals surface area contributed by atoms with E-state index in [0.717, 1.165) is 23.6 Å². The lowest BCUT2D eigenvalue weighted by Gasteiger charge is -2.40. The van der Waals surface area contributed by atoms with Gasteiger partial charge in [-0.3, -0.25) is 4.79 Å². The third kappa shape index (κ3) is 2.50. The second kappa shape index (κ2) is 6.49. The van der Waals surface area contributed by atoms with Gasteiger partial charge in [0.2, 0.25) is 0 Å². The molecule has 0 bridgehead atoms. The highest BCUT2D eigenvalue weighted by Gasteiger charge is 2.48. The van der Waals surface area contributed by atoms with Crippen molar-refractivity contribution in [3.8, 4) is 0 Å². The van der Waals surface area contributed by atoms with Crippen LogP contribution in [0.15, 0.2) is 60.7 Å². The molecule has 2 aromatic rings. The molecule has 0 amide bonds. The quantitative estimate of drug-likeness (QED) is 0.878. The highest BCUT2D eigenvalue weighted by molar-refractivity contribution is 6.35. The molecule has 114 valence electrons. The Morgan fingerprint density at radius 1 is 1.00 bits per heavy atom. The van der Waals surface area contributed by atoms with Crippen LogP contribution in [0.25, 0.3) is 0 Å². The summed E-state index contributed by atoms with van der Waals surface area (Å²) >= 11 is 0. The molecule has 0 aromatic heterocycles. The van der Waals surface area contributed by atoms with Crippen LogP contribution in [0.2, 0.25) is 12.1 Å². The molecule has 0 saturated carbocycles. The van der Waals surface area contributed by atoms with E-state index in [2.05, 4.69) is 0 Å². The molecule has 1 unspecified atom stereocenters. The number of carboxylic acids is 1. The van der Waals surface area contributed by atoms with Gasteiger partial charge in [-0.05, 0) is 23.5 Å². The Hall–Kier alpha value is -1.87. The molecule has 3 rings (SSSR count). The maximum Gasteiger partial charge on any atom is 0.318 e. The topological polar surface area (TPSA) is 37.3 Å². The molecule has 22 heavy (non-hydrogen) atoms. The Kier molecular flexibility index (Phi) is 4.43. The van der Waals surface area contributed by atoms with Gasteiger partial charge in [0.25, 0.3) is 0 Å². The van der Waals surface area contributed by atoms with E-state index in [-0.39, 0.29) is 15.4 Å². The van der Waals surface area contributed by atoms with Crippen LogP contribution in [0.5, 0.6) is 0 Å². The first-order valence-electron chi connectivity index (χ1n) is 8.10. The first kappa shape index (κ1) is 15.0. The second-order valence-corrected chi connectivity index (χ2v) is 8.17. The second-order valence-electron chi connectivity index (χ2n) is 6.18. The van der Waals surface area contributed by atoms with Gasteiger partial charge < -0.3 is 5.11 Å². The number of carboxylic acid groups (broad SMARTS) is 1. The maximum atomic E-state index is 12.5. The maximum absolute atomic E-state index is 12.5. The van der Waals surface area contributed by atoms with E-state index in [0.29, 0.717) is 0 Å². The van der Waals surface area contributed by atoms with E-state index in [1.54, 1.807) is 0 Å². The van der Waals surface area contributed by atoms with Crippen molar-refractivity contribution in [2.45, 2.75) is 30.3 Å². The smallest absolute Gasteiger partial charge is 0.318 e. The van der Waals surface area contributed by atoms with Crippen molar-refractivity contribution in [3.05, 3.63) is 71.8 Å². The zero-order valence-electron chi connectivity index (χ0n) is 12.7. The van der Waals surface area contributed by atoms with Crippen molar-refractivity contribution < 1.29 is 9.90 Å². The highest BCUT2D eigenvalue weighted by Crippen LogP contribution is 2.45. The molecule has 1 heterocycles. The summed E-state index contributed by atoms with van der Waals surface area (Å²) in [6.07, 6.45) is 2.20. The molecule has 1 aliphatic rings. The van der Waals surface area contributed by atoms with Gasteiger partial charge in [0.15, 0.2) is 0 Å². The van der Waals surface area contributed by atoms with E-state index in [9.17, 15) is 9.90 Å². The lowest BCUT2D eigenvalue weighted by atomic mass is 9.65.